The molecule has 0 aromatic carbocycles. The Labute approximate surface area is 130 Å². The first kappa shape index (κ1) is 18.0. The van der Waals surface area contributed by atoms with Crippen LogP contribution in [0.3, 0.4) is 0 Å². The Balaban J connectivity index is 2.22. The average Bonchev–Trinajstić information content (AvgIpc) is 2.48. The second-order valence-electron chi connectivity index (χ2n) is 5.99. The number of rotatable bonds is 0. The fraction of sp³-hybridized carbons (Fsp3) is 0.737. The topological polar surface area (TPSA) is 26.3 Å². The molecular weight excluding hydrogens is 260 g/mol. The number of cyclic esters (lactones) is 1. The minimum atomic E-state index is -0.214. The number of carbonyl (C=O) groups excluding carboxylic acids is 1. The minimum absolute atomic E-state index is 0.214. The maximum Gasteiger partial charge on any atom is 0.330 e. The molecule has 2 nitrogen and oxygen atoms in total. The van der Waals surface area contributed by atoms with E-state index in [2.05, 4.69) is 6.08 Å². The van der Waals surface area contributed by atoms with E-state index < -0.39 is 0 Å². The molecule has 2 heteroatoms. The lowest BCUT2D eigenvalue weighted by atomic mass is 10.0. The van der Waals surface area contributed by atoms with Crippen LogP contribution in [0.2, 0.25) is 0 Å². The quantitative estimate of drug-likeness (QED) is 0.533. The lowest BCUT2D eigenvalue weighted by molar-refractivity contribution is -0.137. The van der Waals surface area contributed by atoms with Crippen LogP contribution >= 0.6 is 0 Å². The van der Waals surface area contributed by atoms with Crippen molar-refractivity contribution in [3.8, 4) is 0 Å². The van der Waals surface area contributed by atoms with Gasteiger partial charge in [-0.3, -0.25) is 0 Å². The van der Waals surface area contributed by atoms with Crippen molar-refractivity contribution in [3.63, 3.8) is 0 Å². The molecule has 120 valence electrons. The Morgan fingerprint density at radius 3 is 1.81 bits per heavy atom. The third-order valence-corrected chi connectivity index (χ3v) is 3.99. The molecule has 0 fully saturated rings. The molecule has 0 aromatic heterocycles. The molecule has 21 heavy (non-hydrogen) atoms. The smallest absolute Gasteiger partial charge is 0.330 e. The summed E-state index contributed by atoms with van der Waals surface area (Å²) in [5.74, 6) is -0.214. The summed E-state index contributed by atoms with van der Waals surface area (Å²) in [4.78, 5) is 11.4. The lowest BCUT2D eigenvalue weighted by Crippen LogP contribution is -2.02. The maximum atomic E-state index is 11.4. The molecule has 0 saturated heterocycles. The van der Waals surface area contributed by atoms with Crippen LogP contribution in [0, 0.1) is 0 Å². The molecule has 1 rings (SSSR count). The van der Waals surface area contributed by atoms with Gasteiger partial charge < -0.3 is 4.74 Å². The highest BCUT2D eigenvalue weighted by molar-refractivity contribution is 5.82. The Kier molecular flexibility index (Phi) is 11.9. The average molecular weight is 292 g/mol. The van der Waals surface area contributed by atoms with E-state index in [-0.39, 0.29) is 5.97 Å². The molecule has 0 spiro atoms. The van der Waals surface area contributed by atoms with Gasteiger partial charge in [-0.05, 0) is 19.3 Å². The Bertz CT molecular complexity index is 305. The highest BCUT2D eigenvalue weighted by Gasteiger charge is 1.97. The third-order valence-electron chi connectivity index (χ3n) is 3.99. The van der Waals surface area contributed by atoms with Gasteiger partial charge in [0.2, 0.25) is 0 Å². The van der Waals surface area contributed by atoms with E-state index in [1.165, 1.54) is 76.7 Å². The number of ether oxygens (including phenoxy) is 1. The van der Waals surface area contributed by atoms with Crippen molar-refractivity contribution in [2.45, 2.75) is 83.5 Å². The normalized spacial score (nSPS) is 24.7. The molecular formula is C19H32O2. The van der Waals surface area contributed by atoms with Gasteiger partial charge in [0, 0.05) is 6.08 Å². The highest BCUT2D eigenvalue weighted by Crippen LogP contribution is 2.12. The zero-order chi connectivity index (χ0) is 15.0. The van der Waals surface area contributed by atoms with Gasteiger partial charge in [0.25, 0.3) is 0 Å². The van der Waals surface area contributed by atoms with Crippen LogP contribution in [0.1, 0.15) is 83.5 Å². The Morgan fingerprint density at radius 2 is 1.19 bits per heavy atom. The molecule has 0 atom stereocenters. The molecule has 0 saturated carbocycles. The van der Waals surface area contributed by atoms with Crippen LogP contribution in [-0.4, -0.2) is 12.6 Å². The van der Waals surface area contributed by atoms with Crippen LogP contribution in [0.5, 0.6) is 0 Å². The molecule has 0 aliphatic carbocycles. The first-order valence-electron chi connectivity index (χ1n) is 8.89. The predicted octanol–water partition coefficient (Wildman–Crippen LogP) is 5.73. The summed E-state index contributed by atoms with van der Waals surface area (Å²) in [5, 5.41) is 0. The number of allylic oxidation sites excluding steroid dienone is 3. The van der Waals surface area contributed by atoms with Crippen molar-refractivity contribution in [2.24, 2.45) is 0 Å². The van der Waals surface area contributed by atoms with Crippen LogP contribution in [0.25, 0.3) is 0 Å². The standard InChI is InChI=1S/C19H32O2/c20-19-17-15-13-11-9-7-5-3-1-2-4-6-8-10-12-14-16-18-21-19/h11,13,15,17H,1-10,12,14,16,18H2/b13-11+,17-15+. The number of carbonyl (C=O) groups is 1. The van der Waals surface area contributed by atoms with Crippen molar-refractivity contribution in [3.05, 3.63) is 24.3 Å². The van der Waals surface area contributed by atoms with Crippen LogP contribution in [-0.2, 0) is 9.53 Å². The van der Waals surface area contributed by atoms with Crippen molar-refractivity contribution < 1.29 is 9.53 Å². The highest BCUT2D eigenvalue weighted by atomic mass is 16.5. The summed E-state index contributed by atoms with van der Waals surface area (Å²) in [6.45, 7) is 0.562. The van der Waals surface area contributed by atoms with E-state index in [0.29, 0.717) is 6.61 Å². The Hall–Kier alpha value is -1.05. The van der Waals surface area contributed by atoms with Crippen molar-refractivity contribution in [1.82, 2.24) is 0 Å². The second-order valence-corrected chi connectivity index (χ2v) is 5.99. The molecule has 1 heterocycles. The van der Waals surface area contributed by atoms with Crippen LogP contribution in [0.4, 0.5) is 0 Å². The van der Waals surface area contributed by atoms with Gasteiger partial charge in [-0.15, -0.1) is 0 Å². The molecule has 1 aliphatic rings. The zero-order valence-electron chi connectivity index (χ0n) is 13.5. The van der Waals surface area contributed by atoms with Gasteiger partial charge >= 0.3 is 5.97 Å². The van der Waals surface area contributed by atoms with E-state index in [0.717, 1.165) is 12.8 Å². The molecule has 0 amide bonds. The van der Waals surface area contributed by atoms with Crippen LogP contribution < -0.4 is 0 Å². The van der Waals surface area contributed by atoms with E-state index in [1.807, 2.05) is 6.08 Å². The summed E-state index contributed by atoms with van der Waals surface area (Å²) in [5.41, 5.74) is 0. The number of hydrogen-bond acceptors (Lipinski definition) is 2. The molecule has 0 N–H and O–H groups in total. The summed E-state index contributed by atoms with van der Waals surface area (Å²) < 4.78 is 5.16. The second kappa shape index (κ2) is 13.9. The van der Waals surface area contributed by atoms with E-state index >= 15 is 0 Å². The van der Waals surface area contributed by atoms with Crippen molar-refractivity contribution in [2.75, 3.05) is 6.61 Å². The van der Waals surface area contributed by atoms with Gasteiger partial charge in [0.1, 0.15) is 0 Å². The van der Waals surface area contributed by atoms with Gasteiger partial charge in [-0.1, -0.05) is 82.4 Å². The number of esters is 1. The fourth-order valence-electron chi connectivity index (χ4n) is 2.66. The van der Waals surface area contributed by atoms with Gasteiger partial charge in [0.05, 0.1) is 6.61 Å². The van der Waals surface area contributed by atoms with Gasteiger partial charge in [-0.2, -0.15) is 0 Å². The summed E-state index contributed by atoms with van der Waals surface area (Å²) in [7, 11) is 0. The summed E-state index contributed by atoms with van der Waals surface area (Å²) >= 11 is 0. The van der Waals surface area contributed by atoms with E-state index in [9.17, 15) is 4.79 Å². The first-order valence-corrected chi connectivity index (χ1v) is 8.89. The van der Waals surface area contributed by atoms with E-state index in [4.69, 9.17) is 4.74 Å². The third kappa shape index (κ3) is 12.4. The van der Waals surface area contributed by atoms with Gasteiger partial charge in [-0.25, -0.2) is 4.79 Å². The number of hydrogen-bond donors (Lipinski definition) is 0. The largest absolute Gasteiger partial charge is 0.463 e. The van der Waals surface area contributed by atoms with Crippen molar-refractivity contribution in [1.29, 1.82) is 0 Å². The lowest BCUT2D eigenvalue weighted by Gasteiger charge is -2.04. The molecule has 0 radical (unpaired) electrons. The summed E-state index contributed by atoms with van der Waals surface area (Å²) in [6, 6.07) is 0. The molecule has 0 unspecified atom stereocenters. The maximum absolute atomic E-state index is 11.4. The van der Waals surface area contributed by atoms with E-state index in [1.54, 1.807) is 6.08 Å². The minimum Gasteiger partial charge on any atom is -0.463 e. The molecule has 1 aliphatic heterocycles. The predicted molar refractivity (Wildman–Crippen MR) is 89.3 cm³/mol. The zero-order valence-corrected chi connectivity index (χ0v) is 13.5. The monoisotopic (exact) mass is 292 g/mol. The first-order chi connectivity index (χ1) is 10.4. The molecule has 0 bridgehead atoms. The summed E-state index contributed by atoms with van der Waals surface area (Å²) in [6.07, 6.45) is 24.2. The van der Waals surface area contributed by atoms with Crippen molar-refractivity contribution >= 4 is 5.97 Å². The molecule has 0 aromatic rings. The SMILES string of the molecule is O=C1/C=C/C=C/CCCCCCCCCCCCCCO1. The Morgan fingerprint density at radius 1 is 0.667 bits per heavy atom. The van der Waals surface area contributed by atoms with Crippen LogP contribution in [0.15, 0.2) is 24.3 Å². The fourth-order valence-corrected chi connectivity index (χ4v) is 2.66. The van der Waals surface area contributed by atoms with Gasteiger partial charge in [0.15, 0.2) is 0 Å².